The highest BCUT2D eigenvalue weighted by molar-refractivity contribution is 6.42. The quantitative estimate of drug-likeness (QED) is 0.779. The predicted molar refractivity (Wildman–Crippen MR) is 80.9 cm³/mol. The topological polar surface area (TPSA) is 29.5 Å². The van der Waals surface area contributed by atoms with Crippen molar-refractivity contribution in [3.05, 3.63) is 62.6 Å². The predicted octanol–water partition coefficient (Wildman–Crippen LogP) is 5.20. The molecule has 2 nitrogen and oxygen atoms in total. The van der Waals surface area contributed by atoms with Gasteiger partial charge in [-0.15, -0.1) is 0 Å². The van der Waals surface area contributed by atoms with E-state index in [1.165, 1.54) is 0 Å². The van der Waals surface area contributed by atoms with Gasteiger partial charge in [-0.3, -0.25) is 0 Å². The summed E-state index contributed by atoms with van der Waals surface area (Å²) >= 11 is 17.9. The number of aliphatic hydroxyl groups is 1. The minimum Gasteiger partial charge on any atom is -0.485 e. The molecule has 2 atom stereocenters. The molecule has 0 saturated heterocycles. The first-order valence-corrected chi connectivity index (χ1v) is 7.27. The maximum absolute atomic E-state index is 10.2. The summed E-state index contributed by atoms with van der Waals surface area (Å²) in [5.74, 6) is 0.643. The Labute approximate surface area is 131 Å². The maximum atomic E-state index is 10.2. The molecule has 0 amide bonds. The molecule has 2 aromatic carbocycles. The largest absolute Gasteiger partial charge is 0.485 e. The number of hydrogen-bond donors (Lipinski definition) is 1. The van der Waals surface area contributed by atoms with Gasteiger partial charge in [0.25, 0.3) is 0 Å². The highest BCUT2D eigenvalue weighted by Gasteiger charge is 2.28. The van der Waals surface area contributed by atoms with E-state index in [4.69, 9.17) is 39.5 Å². The Hall–Kier alpha value is -0.930. The molecule has 1 unspecified atom stereocenters. The first-order chi connectivity index (χ1) is 9.54. The fraction of sp³-hybridized carbons (Fsp3) is 0.200. The zero-order valence-electron chi connectivity index (χ0n) is 10.3. The minimum absolute atomic E-state index is 0.256. The van der Waals surface area contributed by atoms with E-state index in [1.54, 1.807) is 30.3 Å². The molecule has 0 radical (unpaired) electrons. The normalized spacial score (nSPS) is 21.2. The molecule has 1 aliphatic rings. The highest BCUT2D eigenvalue weighted by atomic mass is 35.5. The lowest BCUT2D eigenvalue weighted by atomic mass is 9.95. The molecule has 1 aliphatic heterocycles. The van der Waals surface area contributed by atoms with Crippen LogP contribution in [0.2, 0.25) is 15.1 Å². The molecule has 0 aliphatic carbocycles. The minimum atomic E-state index is -0.614. The average Bonchev–Trinajstić information content (AvgIpc) is 2.42. The summed E-state index contributed by atoms with van der Waals surface area (Å²) in [6.07, 6.45) is -0.420. The van der Waals surface area contributed by atoms with E-state index in [9.17, 15) is 5.11 Å². The Bertz CT molecular complexity index is 658. The summed E-state index contributed by atoms with van der Waals surface area (Å²) < 4.78 is 5.92. The molecule has 0 aromatic heterocycles. The monoisotopic (exact) mass is 328 g/mol. The van der Waals surface area contributed by atoms with Crippen LogP contribution < -0.4 is 4.74 Å². The molecular formula is C15H11Cl3O2. The van der Waals surface area contributed by atoms with E-state index < -0.39 is 6.10 Å². The molecule has 104 valence electrons. The molecule has 20 heavy (non-hydrogen) atoms. The second-order valence-corrected chi connectivity index (χ2v) is 5.96. The number of rotatable bonds is 1. The van der Waals surface area contributed by atoms with Crippen LogP contribution in [0.5, 0.6) is 5.75 Å². The molecule has 0 fully saturated rings. The third kappa shape index (κ3) is 2.61. The smallest absolute Gasteiger partial charge is 0.127 e. The van der Waals surface area contributed by atoms with E-state index in [-0.39, 0.29) is 6.10 Å². The van der Waals surface area contributed by atoms with Crippen molar-refractivity contribution in [1.82, 2.24) is 0 Å². The van der Waals surface area contributed by atoms with Gasteiger partial charge in [0.15, 0.2) is 0 Å². The summed E-state index contributed by atoms with van der Waals surface area (Å²) in [5.41, 5.74) is 1.60. The number of hydrogen-bond acceptors (Lipinski definition) is 2. The van der Waals surface area contributed by atoms with Crippen molar-refractivity contribution in [2.45, 2.75) is 18.6 Å². The molecule has 2 aromatic rings. The van der Waals surface area contributed by atoms with Gasteiger partial charge in [0.05, 0.1) is 16.1 Å². The summed E-state index contributed by atoms with van der Waals surface area (Å²) in [4.78, 5) is 0. The van der Waals surface area contributed by atoms with Gasteiger partial charge in [0.2, 0.25) is 0 Å². The molecule has 1 heterocycles. The molecule has 0 bridgehead atoms. The third-order valence-electron chi connectivity index (χ3n) is 3.35. The molecular weight excluding hydrogens is 319 g/mol. The molecule has 5 heteroatoms. The van der Waals surface area contributed by atoms with Crippen molar-refractivity contribution in [2.24, 2.45) is 0 Å². The van der Waals surface area contributed by atoms with E-state index in [0.717, 1.165) is 5.56 Å². The Morgan fingerprint density at radius 1 is 1.00 bits per heavy atom. The Balaban J connectivity index is 1.94. The van der Waals surface area contributed by atoms with Crippen molar-refractivity contribution in [2.75, 3.05) is 0 Å². The Kier molecular flexibility index (Phi) is 3.83. The second-order valence-electron chi connectivity index (χ2n) is 4.71. The fourth-order valence-corrected chi connectivity index (χ4v) is 2.82. The first-order valence-electron chi connectivity index (χ1n) is 6.13. The van der Waals surface area contributed by atoms with Crippen LogP contribution in [0, 0.1) is 0 Å². The molecule has 3 rings (SSSR count). The number of ether oxygens (including phenoxy) is 1. The van der Waals surface area contributed by atoms with Crippen LogP contribution in [0.1, 0.15) is 29.8 Å². The lowest BCUT2D eigenvalue weighted by Crippen LogP contribution is -2.19. The molecule has 0 spiro atoms. The zero-order valence-corrected chi connectivity index (χ0v) is 12.6. The van der Waals surface area contributed by atoms with Crippen molar-refractivity contribution in [1.29, 1.82) is 0 Å². The van der Waals surface area contributed by atoms with Crippen LogP contribution in [0.4, 0.5) is 0 Å². The van der Waals surface area contributed by atoms with Gasteiger partial charge in [-0.25, -0.2) is 0 Å². The van der Waals surface area contributed by atoms with Crippen molar-refractivity contribution in [3.8, 4) is 5.75 Å². The molecule has 1 N–H and O–H groups in total. The van der Waals surface area contributed by atoms with Crippen LogP contribution in [-0.4, -0.2) is 5.11 Å². The van der Waals surface area contributed by atoms with Gasteiger partial charge in [-0.1, -0.05) is 40.9 Å². The highest BCUT2D eigenvalue weighted by Crippen LogP contribution is 2.42. The van der Waals surface area contributed by atoms with E-state index in [0.29, 0.717) is 32.8 Å². The Morgan fingerprint density at radius 3 is 2.55 bits per heavy atom. The number of benzene rings is 2. The summed E-state index contributed by atoms with van der Waals surface area (Å²) in [6.45, 7) is 0. The van der Waals surface area contributed by atoms with E-state index in [1.807, 2.05) is 6.07 Å². The number of aliphatic hydroxyl groups excluding tert-OH is 1. The standard InChI is InChI=1S/C15H11Cl3O2/c16-9-2-4-14-10(6-9)13(19)7-15(20-14)8-1-3-11(17)12(18)5-8/h1-6,13,15,19H,7H2/t13-,15?/m0/s1. The SMILES string of the molecule is O[C@H]1CC(c2ccc(Cl)c(Cl)c2)Oc2ccc(Cl)cc21. The number of fused-ring (bicyclic) bond motifs is 1. The summed E-state index contributed by atoms with van der Waals surface area (Å²) in [7, 11) is 0. The lowest BCUT2D eigenvalue weighted by molar-refractivity contribution is 0.0657. The van der Waals surface area contributed by atoms with Gasteiger partial charge in [-0.05, 0) is 35.9 Å². The van der Waals surface area contributed by atoms with Gasteiger partial charge in [0, 0.05) is 17.0 Å². The van der Waals surface area contributed by atoms with Crippen molar-refractivity contribution in [3.63, 3.8) is 0 Å². The zero-order chi connectivity index (χ0) is 14.3. The van der Waals surface area contributed by atoms with Crippen molar-refractivity contribution >= 4 is 34.8 Å². The lowest BCUT2D eigenvalue weighted by Gasteiger charge is -2.30. The van der Waals surface area contributed by atoms with E-state index in [2.05, 4.69) is 0 Å². The average molecular weight is 330 g/mol. The van der Waals surface area contributed by atoms with Crippen LogP contribution >= 0.6 is 34.8 Å². The first kappa shape index (κ1) is 14.0. The van der Waals surface area contributed by atoms with Crippen LogP contribution in [0.25, 0.3) is 0 Å². The second kappa shape index (κ2) is 5.45. The number of halogens is 3. The van der Waals surface area contributed by atoms with Crippen molar-refractivity contribution < 1.29 is 9.84 Å². The van der Waals surface area contributed by atoms with Crippen LogP contribution in [0.3, 0.4) is 0 Å². The summed E-state index contributed by atoms with van der Waals surface area (Å²) in [5, 5.41) is 11.8. The molecule has 0 saturated carbocycles. The van der Waals surface area contributed by atoms with Gasteiger partial charge in [0.1, 0.15) is 11.9 Å². The van der Waals surface area contributed by atoms with Gasteiger partial charge in [-0.2, -0.15) is 0 Å². The fourth-order valence-electron chi connectivity index (χ4n) is 2.33. The van der Waals surface area contributed by atoms with Crippen LogP contribution in [-0.2, 0) is 0 Å². The van der Waals surface area contributed by atoms with Gasteiger partial charge >= 0.3 is 0 Å². The van der Waals surface area contributed by atoms with Gasteiger partial charge < -0.3 is 9.84 Å². The van der Waals surface area contributed by atoms with Crippen LogP contribution in [0.15, 0.2) is 36.4 Å². The Morgan fingerprint density at radius 2 is 1.80 bits per heavy atom. The maximum Gasteiger partial charge on any atom is 0.127 e. The third-order valence-corrected chi connectivity index (χ3v) is 4.33. The summed E-state index contributed by atoms with van der Waals surface area (Å²) in [6, 6.07) is 10.6. The van der Waals surface area contributed by atoms with E-state index >= 15 is 0 Å².